The highest BCUT2D eigenvalue weighted by Gasteiger charge is 2.74. The summed E-state index contributed by atoms with van der Waals surface area (Å²) < 4.78 is 0. The predicted octanol–water partition coefficient (Wildman–Crippen LogP) is 3.50. The van der Waals surface area contributed by atoms with Crippen LogP contribution in [0.25, 0.3) is 0 Å². The highest BCUT2D eigenvalue weighted by atomic mass is 35.5. The molecule has 1 spiro atoms. The highest BCUT2D eigenvalue weighted by molar-refractivity contribution is 6.27. The number of alkyl halides is 1. The molecule has 0 nitrogen and oxygen atoms in total. The normalized spacial score (nSPS) is 55.9. The van der Waals surface area contributed by atoms with Gasteiger partial charge in [-0.05, 0) is 37.0 Å². The van der Waals surface area contributed by atoms with Gasteiger partial charge in [0.15, 0.2) is 0 Å². The van der Waals surface area contributed by atoms with E-state index < -0.39 is 0 Å². The van der Waals surface area contributed by atoms with Crippen molar-refractivity contribution in [3.8, 4) is 0 Å². The quantitative estimate of drug-likeness (QED) is 0.397. The van der Waals surface area contributed by atoms with Crippen molar-refractivity contribution in [2.75, 3.05) is 0 Å². The van der Waals surface area contributed by atoms with E-state index in [0.717, 1.165) is 12.3 Å². The van der Waals surface area contributed by atoms with Gasteiger partial charge in [0.2, 0.25) is 0 Å². The number of fused-ring (bicyclic) bond motifs is 1. The van der Waals surface area contributed by atoms with Gasteiger partial charge >= 0.3 is 0 Å². The fourth-order valence-electron chi connectivity index (χ4n) is 3.70. The molecule has 2 fully saturated rings. The van der Waals surface area contributed by atoms with Crippen molar-refractivity contribution in [2.45, 2.75) is 43.4 Å². The van der Waals surface area contributed by atoms with Gasteiger partial charge < -0.3 is 0 Å². The lowest BCUT2D eigenvalue weighted by Crippen LogP contribution is -2.16. The van der Waals surface area contributed by atoms with Crippen LogP contribution >= 0.6 is 11.6 Å². The summed E-state index contributed by atoms with van der Waals surface area (Å²) in [5.74, 6) is 0.857. The SMILES string of the molecule is Cl[C@]12CC=CC[C@]13CCCC[C@@H]32. The molecule has 0 aromatic heterocycles. The number of halogens is 1. The van der Waals surface area contributed by atoms with Crippen molar-refractivity contribution >= 4 is 11.6 Å². The molecule has 12 heavy (non-hydrogen) atoms. The second-order valence-corrected chi connectivity index (χ2v) is 5.37. The molecule has 0 unspecified atom stereocenters. The largest absolute Gasteiger partial charge is 0.118 e. The molecule has 1 heteroatoms. The highest BCUT2D eigenvalue weighted by Crippen LogP contribution is 2.76. The summed E-state index contributed by atoms with van der Waals surface area (Å²) in [6.45, 7) is 0. The first kappa shape index (κ1) is 7.44. The van der Waals surface area contributed by atoms with Crippen LogP contribution in [0, 0.1) is 11.3 Å². The predicted molar refractivity (Wildman–Crippen MR) is 51.3 cm³/mol. The molecule has 0 amide bonds. The van der Waals surface area contributed by atoms with Crippen LogP contribution in [0.5, 0.6) is 0 Å². The van der Waals surface area contributed by atoms with Gasteiger partial charge in [-0.25, -0.2) is 0 Å². The summed E-state index contributed by atoms with van der Waals surface area (Å²) in [5.41, 5.74) is 0.557. The van der Waals surface area contributed by atoms with Gasteiger partial charge in [-0.15, -0.1) is 11.6 Å². The maximum atomic E-state index is 6.66. The fourth-order valence-corrected chi connectivity index (χ4v) is 4.36. The van der Waals surface area contributed by atoms with Crippen LogP contribution in [0.15, 0.2) is 12.2 Å². The zero-order chi connectivity index (χ0) is 8.23. The molecule has 2 saturated carbocycles. The Morgan fingerprint density at radius 1 is 1.17 bits per heavy atom. The maximum Gasteiger partial charge on any atom is 0.0577 e. The summed E-state index contributed by atoms with van der Waals surface area (Å²) in [6, 6.07) is 0. The lowest BCUT2D eigenvalue weighted by Gasteiger charge is -2.23. The summed E-state index contributed by atoms with van der Waals surface area (Å²) in [4.78, 5) is 0.207. The molecule has 3 aliphatic carbocycles. The second kappa shape index (κ2) is 2.09. The van der Waals surface area contributed by atoms with Crippen molar-refractivity contribution in [3.63, 3.8) is 0 Å². The summed E-state index contributed by atoms with van der Waals surface area (Å²) in [7, 11) is 0. The van der Waals surface area contributed by atoms with E-state index >= 15 is 0 Å². The molecule has 0 N–H and O–H groups in total. The number of allylic oxidation sites excluding steroid dienone is 2. The maximum absolute atomic E-state index is 6.66. The smallest absolute Gasteiger partial charge is 0.0577 e. The fraction of sp³-hybridized carbons (Fsp3) is 0.818. The summed E-state index contributed by atoms with van der Waals surface area (Å²) in [6.07, 6.45) is 12.7. The van der Waals surface area contributed by atoms with Crippen molar-refractivity contribution in [3.05, 3.63) is 12.2 Å². The first-order valence-corrected chi connectivity index (χ1v) is 5.51. The Morgan fingerprint density at radius 2 is 2.00 bits per heavy atom. The van der Waals surface area contributed by atoms with Crippen molar-refractivity contribution in [1.82, 2.24) is 0 Å². The molecule has 3 rings (SSSR count). The number of hydrogen-bond acceptors (Lipinski definition) is 0. The van der Waals surface area contributed by atoms with E-state index in [1.807, 2.05) is 0 Å². The van der Waals surface area contributed by atoms with Crippen LogP contribution in [0.4, 0.5) is 0 Å². The van der Waals surface area contributed by atoms with E-state index in [1.54, 1.807) is 0 Å². The third-order valence-corrected chi connectivity index (χ3v) is 5.19. The number of rotatable bonds is 0. The van der Waals surface area contributed by atoms with Crippen molar-refractivity contribution < 1.29 is 0 Å². The lowest BCUT2D eigenvalue weighted by molar-refractivity contribution is 0.330. The van der Waals surface area contributed by atoms with Gasteiger partial charge in [0.1, 0.15) is 0 Å². The lowest BCUT2D eigenvalue weighted by atomic mass is 9.83. The zero-order valence-electron chi connectivity index (χ0n) is 7.35. The van der Waals surface area contributed by atoms with Crippen LogP contribution < -0.4 is 0 Å². The Bertz CT molecular complexity index is 245. The van der Waals surface area contributed by atoms with Crippen LogP contribution in [0.1, 0.15) is 38.5 Å². The molecule has 0 aliphatic heterocycles. The number of hydrogen-bond donors (Lipinski definition) is 0. The molecule has 0 bridgehead atoms. The Morgan fingerprint density at radius 3 is 2.92 bits per heavy atom. The van der Waals surface area contributed by atoms with E-state index in [0.29, 0.717) is 5.41 Å². The van der Waals surface area contributed by atoms with E-state index in [2.05, 4.69) is 12.2 Å². The summed E-state index contributed by atoms with van der Waals surface area (Å²) >= 11 is 6.66. The Hall–Kier alpha value is 0.0300. The first-order chi connectivity index (χ1) is 5.80. The van der Waals surface area contributed by atoms with Gasteiger partial charge in [-0.3, -0.25) is 0 Å². The third kappa shape index (κ3) is 0.630. The first-order valence-electron chi connectivity index (χ1n) is 5.14. The topological polar surface area (TPSA) is 0 Å². The molecule has 0 radical (unpaired) electrons. The molecule has 0 heterocycles. The van der Waals surface area contributed by atoms with Crippen LogP contribution in [-0.2, 0) is 0 Å². The third-order valence-electron chi connectivity index (χ3n) is 4.39. The molecule has 0 saturated heterocycles. The minimum Gasteiger partial charge on any atom is -0.118 e. The van der Waals surface area contributed by atoms with Crippen LogP contribution in [0.3, 0.4) is 0 Å². The average molecular weight is 183 g/mol. The van der Waals surface area contributed by atoms with E-state index in [4.69, 9.17) is 11.6 Å². The Balaban J connectivity index is 1.97. The monoisotopic (exact) mass is 182 g/mol. The van der Waals surface area contributed by atoms with Gasteiger partial charge in [0, 0.05) is 0 Å². The minimum atomic E-state index is 0.207. The molecule has 3 aliphatic rings. The molecule has 0 aromatic rings. The van der Waals surface area contributed by atoms with E-state index in [-0.39, 0.29) is 4.87 Å². The molecule has 3 atom stereocenters. The molecule has 66 valence electrons. The zero-order valence-corrected chi connectivity index (χ0v) is 8.11. The minimum absolute atomic E-state index is 0.207. The van der Waals surface area contributed by atoms with Gasteiger partial charge in [-0.1, -0.05) is 25.0 Å². The van der Waals surface area contributed by atoms with Crippen LogP contribution in [-0.4, -0.2) is 4.87 Å². The molecular weight excluding hydrogens is 168 g/mol. The van der Waals surface area contributed by atoms with E-state index in [9.17, 15) is 0 Å². The van der Waals surface area contributed by atoms with Crippen LogP contribution in [0.2, 0.25) is 0 Å². The Labute approximate surface area is 79.0 Å². The average Bonchev–Trinajstić information content (AvgIpc) is 2.67. The second-order valence-electron chi connectivity index (χ2n) is 4.70. The van der Waals surface area contributed by atoms with Crippen molar-refractivity contribution in [1.29, 1.82) is 0 Å². The standard InChI is InChI=1S/C11H15Cl/c12-11-8-4-3-7-10(11)6-2-1-5-9(10)11/h3-4,9H,1-2,5-8H2/t9-,10-,11-/m0/s1. The van der Waals surface area contributed by atoms with Gasteiger partial charge in [0.05, 0.1) is 4.87 Å². The molecular formula is C11H15Cl. The van der Waals surface area contributed by atoms with Crippen molar-refractivity contribution in [2.24, 2.45) is 11.3 Å². The molecule has 0 aromatic carbocycles. The Kier molecular flexibility index (Phi) is 1.30. The van der Waals surface area contributed by atoms with E-state index in [1.165, 1.54) is 32.1 Å². The summed E-state index contributed by atoms with van der Waals surface area (Å²) in [5, 5.41) is 0. The van der Waals surface area contributed by atoms with Gasteiger partial charge in [-0.2, -0.15) is 0 Å². The van der Waals surface area contributed by atoms with Gasteiger partial charge in [0.25, 0.3) is 0 Å².